The van der Waals surface area contributed by atoms with Crippen molar-refractivity contribution < 1.29 is 26.7 Å². The standard InChI is InChI=1S/C7H5F5N2O/c8-4-3(1-13)2-14-6(5(4)9)15-7(10,11)12/h2H,1,13H2. The van der Waals surface area contributed by atoms with E-state index in [1.54, 1.807) is 0 Å². The first-order chi connectivity index (χ1) is 6.85. The quantitative estimate of drug-likeness (QED) is 0.784. The third-order valence-corrected chi connectivity index (χ3v) is 1.43. The van der Waals surface area contributed by atoms with Crippen LogP contribution in [0.25, 0.3) is 0 Å². The van der Waals surface area contributed by atoms with Crippen molar-refractivity contribution in [3.05, 3.63) is 23.4 Å². The van der Waals surface area contributed by atoms with E-state index in [-0.39, 0.29) is 12.1 Å². The van der Waals surface area contributed by atoms with Gasteiger partial charge in [0, 0.05) is 18.3 Å². The van der Waals surface area contributed by atoms with Crippen LogP contribution in [0.15, 0.2) is 6.20 Å². The van der Waals surface area contributed by atoms with E-state index in [0.717, 1.165) is 0 Å². The highest BCUT2D eigenvalue weighted by Gasteiger charge is 2.34. The maximum atomic E-state index is 12.9. The monoisotopic (exact) mass is 228 g/mol. The van der Waals surface area contributed by atoms with Gasteiger partial charge in [-0.2, -0.15) is 4.39 Å². The molecule has 0 spiro atoms. The second-order valence-corrected chi connectivity index (χ2v) is 2.47. The van der Waals surface area contributed by atoms with Crippen molar-refractivity contribution in [1.29, 1.82) is 0 Å². The second kappa shape index (κ2) is 3.97. The third-order valence-electron chi connectivity index (χ3n) is 1.43. The first kappa shape index (κ1) is 11.6. The number of nitrogens with zero attached hydrogens (tertiary/aromatic N) is 1. The Morgan fingerprint density at radius 1 is 1.27 bits per heavy atom. The minimum atomic E-state index is -5.12. The molecule has 0 aliphatic heterocycles. The molecule has 0 radical (unpaired) electrons. The molecule has 1 rings (SSSR count). The number of alkyl halides is 3. The van der Waals surface area contributed by atoms with Crippen molar-refractivity contribution in [1.82, 2.24) is 4.98 Å². The first-order valence-corrected chi connectivity index (χ1v) is 3.64. The van der Waals surface area contributed by atoms with Gasteiger partial charge in [-0.15, -0.1) is 13.2 Å². The molecule has 1 aromatic rings. The zero-order chi connectivity index (χ0) is 11.6. The summed E-state index contributed by atoms with van der Waals surface area (Å²) in [5.74, 6) is -4.76. The van der Waals surface area contributed by atoms with E-state index in [4.69, 9.17) is 5.73 Å². The zero-order valence-corrected chi connectivity index (χ0v) is 7.11. The van der Waals surface area contributed by atoms with Crippen LogP contribution in [0.4, 0.5) is 22.0 Å². The number of hydrogen-bond donors (Lipinski definition) is 1. The van der Waals surface area contributed by atoms with E-state index in [2.05, 4.69) is 9.72 Å². The minimum Gasteiger partial charge on any atom is -0.385 e. The van der Waals surface area contributed by atoms with E-state index < -0.39 is 23.9 Å². The molecule has 0 aliphatic carbocycles. The molecule has 8 heteroatoms. The van der Waals surface area contributed by atoms with E-state index in [1.165, 1.54) is 0 Å². The van der Waals surface area contributed by atoms with Crippen molar-refractivity contribution in [3.8, 4) is 5.88 Å². The third kappa shape index (κ3) is 2.75. The van der Waals surface area contributed by atoms with Crippen molar-refractivity contribution in [2.75, 3.05) is 0 Å². The van der Waals surface area contributed by atoms with Gasteiger partial charge in [-0.05, 0) is 0 Å². The van der Waals surface area contributed by atoms with Gasteiger partial charge in [-0.3, -0.25) is 0 Å². The minimum absolute atomic E-state index is 0.331. The molecular formula is C7H5F5N2O. The van der Waals surface area contributed by atoms with Crippen molar-refractivity contribution in [3.63, 3.8) is 0 Å². The lowest BCUT2D eigenvalue weighted by molar-refractivity contribution is -0.277. The summed E-state index contributed by atoms with van der Waals surface area (Å²) in [6.45, 7) is -0.373. The van der Waals surface area contributed by atoms with Crippen molar-refractivity contribution in [2.45, 2.75) is 12.9 Å². The number of pyridine rings is 1. The van der Waals surface area contributed by atoms with E-state index in [0.29, 0.717) is 6.20 Å². The van der Waals surface area contributed by atoms with Gasteiger partial charge in [-0.25, -0.2) is 9.37 Å². The van der Waals surface area contributed by atoms with Crippen LogP contribution in [0.5, 0.6) is 5.88 Å². The molecule has 0 aromatic carbocycles. The fraction of sp³-hybridized carbons (Fsp3) is 0.286. The molecular weight excluding hydrogens is 223 g/mol. The molecule has 1 heterocycles. The SMILES string of the molecule is NCc1cnc(OC(F)(F)F)c(F)c1F. The largest absolute Gasteiger partial charge is 0.574 e. The Hall–Kier alpha value is -1.44. The molecule has 0 atom stereocenters. The lowest BCUT2D eigenvalue weighted by Crippen LogP contribution is -2.19. The van der Waals surface area contributed by atoms with E-state index in [1.807, 2.05) is 0 Å². The van der Waals surface area contributed by atoms with Crippen molar-refractivity contribution >= 4 is 0 Å². The molecule has 0 aliphatic rings. The Balaban J connectivity index is 3.07. The summed E-state index contributed by atoms with van der Waals surface area (Å²) in [5.41, 5.74) is 4.66. The highest BCUT2D eigenvalue weighted by Crippen LogP contribution is 2.25. The van der Waals surface area contributed by atoms with Gasteiger partial charge in [0.15, 0.2) is 5.82 Å². The molecule has 0 unspecified atom stereocenters. The molecule has 0 saturated carbocycles. The Bertz CT molecular complexity index is 365. The molecule has 0 bridgehead atoms. The molecule has 15 heavy (non-hydrogen) atoms. The Labute approximate surface area is 80.7 Å². The summed E-state index contributed by atoms with van der Waals surface area (Å²) < 4.78 is 63.9. The predicted molar refractivity (Wildman–Crippen MR) is 38.7 cm³/mol. The van der Waals surface area contributed by atoms with Crippen LogP contribution in [0.3, 0.4) is 0 Å². The van der Waals surface area contributed by atoms with Gasteiger partial charge < -0.3 is 10.5 Å². The highest BCUT2D eigenvalue weighted by molar-refractivity contribution is 5.22. The fourth-order valence-electron chi connectivity index (χ4n) is 0.808. The molecule has 3 nitrogen and oxygen atoms in total. The van der Waals surface area contributed by atoms with Crippen LogP contribution in [0.1, 0.15) is 5.56 Å². The van der Waals surface area contributed by atoms with E-state index in [9.17, 15) is 22.0 Å². The Morgan fingerprint density at radius 3 is 2.33 bits per heavy atom. The topological polar surface area (TPSA) is 48.1 Å². The van der Waals surface area contributed by atoms with Gasteiger partial charge in [-0.1, -0.05) is 0 Å². The van der Waals surface area contributed by atoms with Crippen molar-refractivity contribution in [2.24, 2.45) is 5.73 Å². The lowest BCUT2D eigenvalue weighted by Gasteiger charge is -2.09. The summed E-state index contributed by atoms with van der Waals surface area (Å²) in [7, 11) is 0. The summed E-state index contributed by atoms with van der Waals surface area (Å²) >= 11 is 0. The molecule has 0 saturated heterocycles. The summed E-state index contributed by atoms with van der Waals surface area (Å²) in [6.07, 6.45) is -4.44. The Kier molecular flexibility index (Phi) is 3.08. The van der Waals surface area contributed by atoms with Crippen LogP contribution in [-0.4, -0.2) is 11.3 Å². The number of hydrogen-bond acceptors (Lipinski definition) is 3. The number of halogens is 5. The van der Waals surface area contributed by atoms with Crippen LogP contribution in [0, 0.1) is 11.6 Å². The number of rotatable bonds is 2. The molecule has 0 fully saturated rings. The average molecular weight is 228 g/mol. The lowest BCUT2D eigenvalue weighted by atomic mass is 10.2. The van der Waals surface area contributed by atoms with Gasteiger partial charge >= 0.3 is 6.36 Å². The second-order valence-electron chi connectivity index (χ2n) is 2.47. The molecule has 84 valence electrons. The van der Waals surface area contributed by atoms with Gasteiger partial charge in [0.2, 0.25) is 5.82 Å². The maximum Gasteiger partial charge on any atom is 0.574 e. The van der Waals surface area contributed by atoms with Crippen LogP contribution in [-0.2, 0) is 6.54 Å². The fourth-order valence-corrected chi connectivity index (χ4v) is 0.808. The van der Waals surface area contributed by atoms with Gasteiger partial charge in [0.1, 0.15) is 0 Å². The Morgan fingerprint density at radius 2 is 1.87 bits per heavy atom. The van der Waals surface area contributed by atoms with Gasteiger partial charge in [0.25, 0.3) is 5.88 Å². The molecule has 2 N–H and O–H groups in total. The smallest absolute Gasteiger partial charge is 0.385 e. The summed E-state index contributed by atoms with van der Waals surface area (Å²) in [6, 6.07) is 0. The average Bonchev–Trinajstić information content (AvgIpc) is 2.11. The maximum absolute atomic E-state index is 12.9. The number of ether oxygens (including phenoxy) is 1. The zero-order valence-electron chi connectivity index (χ0n) is 7.11. The first-order valence-electron chi connectivity index (χ1n) is 3.64. The normalized spacial score (nSPS) is 11.6. The number of nitrogens with two attached hydrogens (primary N) is 1. The summed E-state index contributed by atoms with van der Waals surface area (Å²) in [4.78, 5) is 2.96. The van der Waals surface area contributed by atoms with Crippen LogP contribution < -0.4 is 10.5 Å². The molecule has 0 amide bonds. The number of aromatic nitrogens is 1. The molecule has 1 aromatic heterocycles. The van der Waals surface area contributed by atoms with Crippen LogP contribution in [0.2, 0.25) is 0 Å². The van der Waals surface area contributed by atoms with Crippen LogP contribution >= 0.6 is 0 Å². The van der Waals surface area contributed by atoms with E-state index >= 15 is 0 Å². The predicted octanol–water partition coefficient (Wildman–Crippen LogP) is 1.72. The van der Waals surface area contributed by atoms with Gasteiger partial charge in [0.05, 0.1) is 0 Å². The summed E-state index contributed by atoms with van der Waals surface area (Å²) in [5, 5.41) is 0. The highest BCUT2D eigenvalue weighted by atomic mass is 19.4.